The van der Waals surface area contributed by atoms with Crippen molar-refractivity contribution in [3.05, 3.63) is 11.7 Å². The molecule has 16 heavy (non-hydrogen) atoms. The Morgan fingerprint density at radius 1 is 1.62 bits per heavy atom. The van der Waals surface area contributed by atoms with Crippen LogP contribution < -0.4 is 5.73 Å². The summed E-state index contributed by atoms with van der Waals surface area (Å²) in [7, 11) is 1.64. The zero-order valence-corrected chi connectivity index (χ0v) is 9.39. The van der Waals surface area contributed by atoms with Gasteiger partial charge in [-0.2, -0.15) is 4.98 Å². The Morgan fingerprint density at radius 3 is 3.19 bits per heavy atom. The van der Waals surface area contributed by atoms with E-state index in [2.05, 4.69) is 10.1 Å². The molecule has 0 radical (unpaired) electrons. The van der Waals surface area contributed by atoms with Crippen molar-refractivity contribution in [1.29, 1.82) is 0 Å². The maximum Gasteiger partial charge on any atom is 0.243 e. The molecule has 0 saturated carbocycles. The highest BCUT2D eigenvalue weighted by atomic mass is 16.5. The predicted molar refractivity (Wildman–Crippen MR) is 55.9 cm³/mol. The zero-order valence-electron chi connectivity index (χ0n) is 9.39. The number of ether oxygens (including phenoxy) is 2. The first-order valence-electron chi connectivity index (χ1n) is 5.47. The molecule has 1 aromatic rings. The van der Waals surface area contributed by atoms with E-state index in [1.54, 1.807) is 7.11 Å². The van der Waals surface area contributed by atoms with E-state index in [0.717, 1.165) is 13.0 Å². The lowest BCUT2D eigenvalue weighted by Crippen LogP contribution is -2.13. The fraction of sp³-hybridized carbons (Fsp3) is 0.800. The smallest absolute Gasteiger partial charge is 0.243 e. The second-order valence-corrected chi connectivity index (χ2v) is 3.94. The molecule has 1 saturated heterocycles. The summed E-state index contributed by atoms with van der Waals surface area (Å²) in [5.41, 5.74) is 5.89. The Kier molecular flexibility index (Phi) is 3.87. The molecule has 1 fully saturated rings. The van der Waals surface area contributed by atoms with Crippen molar-refractivity contribution in [2.75, 3.05) is 26.9 Å². The maximum atomic E-state index is 5.89. The van der Waals surface area contributed by atoms with Crippen molar-refractivity contribution in [1.82, 2.24) is 10.1 Å². The third-order valence-electron chi connectivity index (χ3n) is 2.70. The molecule has 90 valence electrons. The van der Waals surface area contributed by atoms with Crippen molar-refractivity contribution in [2.45, 2.75) is 24.8 Å². The molecule has 2 unspecified atom stereocenters. The molecule has 1 aromatic heterocycles. The largest absolute Gasteiger partial charge is 0.385 e. The Bertz CT molecular complexity index is 323. The van der Waals surface area contributed by atoms with Gasteiger partial charge in [0, 0.05) is 26.2 Å². The van der Waals surface area contributed by atoms with Crippen LogP contribution in [0.3, 0.4) is 0 Å². The topological polar surface area (TPSA) is 83.4 Å². The molecular formula is C10H17N3O3. The van der Waals surface area contributed by atoms with Gasteiger partial charge in [0.2, 0.25) is 5.89 Å². The molecule has 0 bridgehead atoms. The van der Waals surface area contributed by atoms with Gasteiger partial charge >= 0.3 is 0 Å². The van der Waals surface area contributed by atoms with Gasteiger partial charge in [-0.1, -0.05) is 5.16 Å². The van der Waals surface area contributed by atoms with Gasteiger partial charge < -0.3 is 19.7 Å². The minimum atomic E-state index is -0.247. The number of nitrogens with two attached hydrogens (primary N) is 1. The third-order valence-corrected chi connectivity index (χ3v) is 2.70. The van der Waals surface area contributed by atoms with E-state index in [1.807, 2.05) is 0 Å². The van der Waals surface area contributed by atoms with Crippen LogP contribution in [0.25, 0.3) is 0 Å². The van der Waals surface area contributed by atoms with E-state index in [-0.39, 0.29) is 12.0 Å². The van der Waals surface area contributed by atoms with Crippen LogP contribution in [-0.4, -0.2) is 37.1 Å². The first-order valence-corrected chi connectivity index (χ1v) is 5.47. The van der Waals surface area contributed by atoms with E-state index in [1.165, 1.54) is 0 Å². The Hall–Kier alpha value is -0.980. The first-order chi connectivity index (χ1) is 7.81. The fourth-order valence-corrected chi connectivity index (χ4v) is 1.67. The lowest BCUT2D eigenvalue weighted by molar-refractivity contribution is 0.182. The van der Waals surface area contributed by atoms with Crippen molar-refractivity contribution in [3.8, 4) is 0 Å². The van der Waals surface area contributed by atoms with Crippen LogP contribution in [0.4, 0.5) is 0 Å². The molecule has 6 nitrogen and oxygen atoms in total. The molecular weight excluding hydrogens is 210 g/mol. The number of rotatable bonds is 5. The zero-order chi connectivity index (χ0) is 11.4. The minimum Gasteiger partial charge on any atom is -0.385 e. The van der Waals surface area contributed by atoms with Gasteiger partial charge in [0.25, 0.3) is 0 Å². The summed E-state index contributed by atoms with van der Waals surface area (Å²) < 4.78 is 15.4. The van der Waals surface area contributed by atoms with E-state index in [0.29, 0.717) is 31.3 Å². The highest BCUT2D eigenvalue weighted by Gasteiger charge is 2.24. The van der Waals surface area contributed by atoms with Crippen molar-refractivity contribution >= 4 is 0 Å². The number of hydrogen-bond donors (Lipinski definition) is 1. The monoisotopic (exact) mass is 227 g/mol. The van der Waals surface area contributed by atoms with Crippen LogP contribution in [0, 0.1) is 0 Å². The molecule has 2 N–H and O–H groups in total. The standard InChI is InChI=1S/C10H17N3O3/c1-14-4-3-8(11)10-12-9(13-16-10)7-2-5-15-6-7/h7-8H,2-6,11H2,1H3. The summed E-state index contributed by atoms with van der Waals surface area (Å²) in [4.78, 5) is 4.31. The Balaban J connectivity index is 1.95. The number of aromatic nitrogens is 2. The summed E-state index contributed by atoms with van der Waals surface area (Å²) in [6.07, 6.45) is 1.63. The minimum absolute atomic E-state index is 0.247. The normalized spacial score (nSPS) is 22.5. The quantitative estimate of drug-likeness (QED) is 0.793. The van der Waals surface area contributed by atoms with Gasteiger partial charge in [0.1, 0.15) is 0 Å². The lowest BCUT2D eigenvalue weighted by Gasteiger charge is -2.04. The van der Waals surface area contributed by atoms with Gasteiger partial charge in [0.05, 0.1) is 12.6 Å². The van der Waals surface area contributed by atoms with Gasteiger partial charge in [-0.3, -0.25) is 0 Å². The van der Waals surface area contributed by atoms with Crippen molar-refractivity contribution < 1.29 is 14.0 Å². The molecule has 6 heteroatoms. The van der Waals surface area contributed by atoms with Crippen LogP contribution in [0.5, 0.6) is 0 Å². The highest BCUT2D eigenvalue weighted by Crippen LogP contribution is 2.23. The van der Waals surface area contributed by atoms with E-state index < -0.39 is 0 Å². The summed E-state index contributed by atoms with van der Waals surface area (Å²) in [5.74, 6) is 1.45. The van der Waals surface area contributed by atoms with E-state index in [9.17, 15) is 0 Å². The Morgan fingerprint density at radius 2 is 2.50 bits per heavy atom. The summed E-state index contributed by atoms with van der Waals surface area (Å²) in [6, 6.07) is -0.247. The first kappa shape index (κ1) is 11.5. The maximum absolute atomic E-state index is 5.89. The van der Waals surface area contributed by atoms with Crippen LogP contribution in [0.1, 0.15) is 36.5 Å². The molecule has 2 rings (SSSR count). The second kappa shape index (κ2) is 5.38. The van der Waals surface area contributed by atoms with Crippen LogP contribution in [-0.2, 0) is 9.47 Å². The third kappa shape index (κ3) is 2.58. The average molecular weight is 227 g/mol. The SMILES string of the molecule is COCCC(N)c1nc(C2CCOC2)no1. The molecule has 2 atom stereocenters. The molecule has 2 heterocycles. The van der Waals surface area contributed by atoms with Crippen LogP contribution in [0.15, 0.2) is 4.52 Å². The van der Waals surface area contributed by atoms with Crippen molar-refractivity contribution in [3.63, 3.8) is 0 Å². The van der Waals surface area contributed by atoms with Crippen molar-refractivity contribution in [2.24, 2.45) is 5.73 Å². The number of nitrogens with zero attached hydrogens (tertiary/aromatic N) is 2. The fourth-order valence-electron chi connectivity index (χ4n) is 1.67. The molecule has 0 amide bonds. The summed E-state index contributed by atoms with van der Waals surface area (Å²) in [6.45, 7) is 2.03. The van der Waals surface area contributed by atoms with Gasteiger partial charge in [-0.05, 0) is 12.8 Å². The molecule has 0 aromatic carbocycles. The molecule has 0 aliphatic carbocycles. The van der Waals surface area contributed by atoms with Gasteiger partial charge in [-0.25, -0.2) is 0 Å². The highest BCUT2D eigenvalue weighted by molar-refractivity contribution is 4.99. The number of hydrogen-bond acceptors (Lipinski definition) is 6. The van der Waals surface area contributed by atoms with Gasteiger partial charge in [-0.15, -0.1) is 0 Å². The van der Waals surface area contributed by atoms with E-state index >= 15 is 0 Å². The Labute approximate surface area is 94.1 Å². The molecule has 1 aliphatic rings. The number of methoxy groups -OCH3 is 1. The van der Waals surface area contributed by atoms with E-state index in [4.69, 9.17) is 19.7 Å². The summed E-state index contributed by atoms with van der Waals surface area (Å²) >= 11 is 0. The average Bonchev–Trinajstić information content (AvgIpc) is 2.94. The summed E-state index contributed by atoms with van der Waals surface area (Å²) in [5, 5.41) is 3.94. The van der Waals surface area contributed by atoms with Gasteiger partial charge in [0.15, 0.2) is 5.82 Å². The lowest BCUT2D eigenvalue weighted by atomic mass is 10.1. The molecule has 1 aliphatic heterocycles. The predicted octanol–water partition coefficient (Wildman–Crippen LogP) is 0.610. The van der Waals surface area contributed by atoms with Crippen LogP contribution >= 0.6 is 0 Å². The van der Waals surface area contributed by atoms with Crippen LogP contribution in [0.2, 0.25) is 0 Å². The second-order valence-electron chi connectivity index (χ2n) is 3.94. The molecule has 0 spiro atoms.